The van der Waals surface area contributed by atoms with E-state index in [-0.39, 0.29) is 64.9 Å². The van der Waals surface area contributed by atoms with E-state index >= 15 is 4.39 Å². The smallest absolute Gasteiger partial charge is 0.380 e. The molecule has 1 aliphatic carbocycles. The number of piperidine rings is 1. The molecule has 4 atom stereocenters. The van der Waals surface area contributed by atoms with Gasteiger partial charge in [-0.25, -0.2) is 25.9 Å². The van der Waals surface area contributed by atoms with E-state index in [9.17, 15) is 54.0 Å². The molecule has 5 heterocycles. The van der Waals surface area contributed by atoms with E-state index in [1.54, 1.807) is 12.1 Å². The third-order valence-electron chi connectivity index (χ3n) is 17.5. The number of allylic oxidation sites excluding steroid dienone is 1. The molecule has 0 spiro atoms. The van der Waals surface area contributed by atoms with Crippen molar-refractivity contribution in [3.63, 3.8) is 0 Å². The van der Waals surface area contributed by atoms with Crippen molar-refractivity contribution in [2.24, 2.45) is 5.41 Å². The molecule has 3 N–H and O–H groups in total. The van der Waals surface area contributed by atoms with Crippen molar-refractivity contribution >= 4 is 89.7 Å². The number of thioether (sulfide) groups is 1. The summed E-state index contributed by atoms with van der Waals surface area (Å²) in [7, 11) is -11.1. The number of sulfonamides is 1. The lowest BCUT2D eigenvalue weighted by Crippen LogP contribution is -2.54. The third kappa shape index (κ3) is 13.4. The maximum Gasteiger partial charge on any atom is 0.501 e. The van der Waals surface area contributed by atoms with E-state index in [0.29, 0.717) is 56.7 Å². The standard InChI is InChI=1S/C62H65ClF4N8O9S3/c1-61(2)22-20-49(38-8-12-42(63)13-9-38)41(32-61)33-71-24-26-72(27-25-71)44-14-10-39(11-15-44)57(77)70-87(83,84)48-16-17-53(55(30-48)86(81,82)62(65,66)67)68-43(37-85-47-6-4-3-5-7-47)21-23-73-35-46-29-45(73)36-74(46)34-40-28-50-51(31-52(40)64)60(80)75(59(50)79)54-18-19-56(76)69-58(54)78/h3-17,28,30-31,43,45-46,54,68H,18-27,29,32-37H2,1-2H3,(H,70,77)(H,69,76,78)/t43-,45+,46+,54?/m1/s1. The van der Waals surface area contributed by atoms with Crippen LogP contribution in [0.5, 0.6) is 0 Å². The highest BCUT2D eigenvalue weighted by Gasteiger charge is 2.50. The second-order valence-electron chi connectivity index (χ2n) is 23.9. The molecule has 17 nitrogen and oxygen atoms in total. The van der Waals surface area contributed by atoms with Crippen molar-refractivity contribution < 1.29 is 58.4 Å². The molecule has 460 valence electrons. The summed E-state index contributed by atoms with van der Waals surface area (Å²) in [6.07, 6.45) is 3.95. The number of amides is 5. The highest BCUT2D eigenvalue weighted by molar-refractivity contribution is 7.99. The van der Waals surface area contributed by atoms with Crippen molar-refractivity contribution in [2.75, 3.05) is 68.3 Å². The number of carbonyl (C=O) groups excluding carboxylic acids is 5. The molecular weight excluding hydrogens is 1210 g/mol. The number of piperazine rings is 2. The van der Waals surface area contributed by atoms with E-state index in [0.717, 1.165) is 72.6 Å². The number of nitrogens with one attached hydrogen (secondary N) is 3. The number of hydrogen-bond acceptors (Lipinski definition) is 15. The van der Waals surface area contributed by atoms with Gasteiger partial charge in [0.15, 0.2) is 0 Å². The number of benzene rings is 5. The van der Waals surface area contributed by atoms with Gasteiger partial charge in [0.1, 0.15) is 16.8 Å². The molecule has 0 radical (unpaired) electrons. The zero-order valence-corrected chi connectivity index (χ0v) is 51.0. The van der Waals surface area contributed by atoms with Crippen molar-refractivity contribution in [2.45, 2.75) is 110 Å². The summed E-state index contributed by atoms with van der Waals surface area (Å²) in [5, 5.41) is 5.85. The first-order valence-corrected chi connectivity index (χ1v) is 33.2. The molecule has 25 heteroatoms. The second kappa shape index (κ2) is 24.7. The van der Waals surface area contributed by atoms with Crippen LogP contribution in [0.4, 0.5) is 28.9 Å². The first kappa shape index (κ1) is 62.0. The first-order valence-electron chi connectivity index (χ1n) is 28.8. The molecule has 5 aromatic rings. The fourth-order valence-electron chi connectivity index (χ4n) is 12.8. The summed E-state index contributed by atoms with van der Waals surface area (Å²) in [6, 6.07) is 26.2. The van der Waals surface area contributed by atoms with Crippen LogP contribution in [0.1, 0.15) is 101 Å². The maximum absolute atomic E-state index is 15.7. The highest BCUT2D eigenvalue weighted by atomic mass is 35.5. The van der Waals surface area contributed by atoms with Gasteiger partial charge in [0, 0.05) is 116 Å². The van der Waals surface area contributed by atoms with Crippen LogP contribution in [-0.2, 0) is 36.0 Å². The van der Waals surface area contributed by atoms with Crippen LogP contribution in [0.25, 0.3) is 5.57 Å². The number of fused-ring (bicyclic) bond motifs is 3. The Morgan fingerprint density at radius 2 is 1.49 bits per heavy atom. The van der Waals surface area contributed by atoms with Crippen LogP contribution in [-0.4, -0.2) is 154 Å². The molecule has 0 saturated carbocycles. The number of anilines is 2. The average molecular weight is 1270 g/mol. The molecule has 87 heavy (non-hydrogen) atoms. The summed E-state index contributed by atoms with van der Waals surface area (Å²) < 4.78 is 116. The van der Waals surface area contributed by atoms with Gasteiger partial charge >= 0.3 is 5.51 Å². The van der Waals surface area contributed by atoms with Gasteiger partial charge in [-0.05, 0) is 134 Å². The lowest BCUT2D eigenvalue weighted by Gasteiger charge is -2.39. The molecule has 5 aromatic carbocycles. The molecule has 5 aliphatic heterocycles. The monoisotopic (exact) mass is 1270 g/mol. The Labute approximate surface area is 511 Å². The number of alkyl halides is 3. The number of rotatable bonds is 19. The molecule has 1 unspecified atom stereocenters. The van der Waals surface area contributed by atoms with Gasteiger partial charge in [0.2, 0.25) is 11.8 Å². The third-order valence-corrected chi connectivity index (χ3v) is 21.8. The highest BCUT2D eigenvalue weighted by Crippen LogP contribution is 2.44. The van der Waals surface area contributed by atoms with Gasteiger partial charge < -0.3 is 10.2 Å². The molecule has 2 bridgehead atoms. The van der Waals surface area contributed by atoms with Crippen LogP contribution < -0.4 is 20.3 Å². The SMILES string of the molecule is CC1(C)CCC(c2ccc(Cl)cc2)=C(CN2CCN(c3ccc(C(=O)NS(=O)(=O)c4ccc(N[C@H](CCN5C[C@@H]6C[C@H]5CN6Cc5cc6c(cc5F)C(=O)N(C5CCC(=O)NC5=O)C6=O)CSc5ccccc5)c(S(=O)(=O)C(F)(F)F)c4)cc3)CC2)C1. The van der Waals surface area contributed by atoms with E-state index in [1.807, 2.05) is 47.2 Å². The summed E-state index contributed by atoms with van der Waals surface area (Å²) in [4.78, 5) is 72.9. The largest absolute Gasteiger partial charge is 0.501 e. The molecular formula is C62H65ClF4N8O9S3. The summed E-state index contributed by atoms with van der Waals surface area (Å²) in [6.45, 7) is 9.94. The quantitative estimate of drug-likeness (QED) is 0.0401. The lowest BCUT2D eigenvalue weighted by molar-refractivity contribution is -0.136. The molecule has 0 aromatic heterocycles. The predicted molar refractivity (Wildman–Crippen MR) is 322 cm³/mol. The lowest BCUT2D eigenvalue weighted by atomic mass is 9.73. The average Bonchev–Trinajstić information content (AvgIpc) is 3.84. The van der Waals surface area contributed by atoms with E-state index < -0.39 is 88.3 Å². The van der Waals surface area contributed by atoms with Crippen LogP contribution in [0.3, 0.4) is 0 Å². The zero-order chi connectivity index (χ0) is 61.7. The number of imide groups is 2. The topological polar surface area (TPSA) is 206 Å². The normalized spacial score (nSPS) is 21.6. The van der Waals surface area contributed by atoms with Crippen LogP contribution in [0.15, 0.2) is 129 Å². The Balaban J connectivity index is 0.734. The summed E-state index contributed by atoms with van der Waals surface area (Å²) in [5.74, 6) is -4.40. The first-order chi connectivity index (χ1) is 41.3. The predicted octanol–water partition coefficient (Wildman–Crippen LogP) is 9.00. The molecule has 6 aliphatic rings. The second-order valence-corrected chi connectivity index (χ2v) is 29.1. The number of sulfone groups is 1. The Morgan fingerprint density at radius 3 is 2.16 bits per heavy atom. The molecule has 5 amide bonds. The van der Waals surface area contributed by atoms with Gasteiger partial charge in [-0.2, -0.15) is 13.2 Å². The number of hydrogen-bond donors (Lipinski definition) is 3. The minimum absolute atomic E-state index is 0.0276. The number of halogens is 5. The zero-order valence-electron chi connectivity index (χ0n) is 47.7. The number of likely N-dealkylation sites (tertiary alicyclic amines) is 2. The van der Waals surface area contributed by atoms with E-state index in [4.69, 9.17) is 11.6 Å². The molecule has 11 rings (SSSR count). The van der Waals surface area contributed by atoms with E-state index in [1.165, 1.54) is 46.7 Å². The van der Waals surface area contributed by atoms with Gasteiger partial charge in [0.25, 0.3) is 37.6 Å². The molecule has 4 saturated heterocycles. The van der Waals surface area contributed by atoms with Crippen molar-refractivity contribution in [3.8, 4) is 0 Å². The van der Waals surface area contributed by atoms with Crippen molar-refractivity contribution in [1.82, 2.24) is 29.6 Å². The van der Waals surface area contributed by atoms with Crippen LogP contribution in [0, 0.1) is 11.2 Å². The van der Waals surface area contributed by atoms with Gasteiger partial charge in [-0.15, -0.1) is 11.8 Å². The Kier molecular flexibility index (Phi) is 17.6. The van der Waals surface area contributed by atoms with Gasteiger partial charge in [-0.1, -0.05) is 61.4 Å². The summed E-state index contributed by atoms with van der Waals surface area (Å²) >= 11 is 7.59. The summed E-state index contributed by atoms with van der Waals surface area (Å²) in [5.41, 5.74) is -1.42. The maximum atomic E-state index is 15.7. The fraction of sp³-hybridized carbons (Fsp3) is 0.403. The number of nitrogens with zero attached hydrogens (tertiary/aromatic N) is 5. The van der Waals surface area contributed by atoms with Gasteiger partial charge in [-0.3, -0.25) is 48.9 Å². The van der Waals surface area contributed by atoms with E-state index in [2.05, 4.69) is 56.2 Å². The Hall–Kier alpha value is -6.67. The molecule has 4 fully saturated rings. The van der Waals surface area contributed by atoms with Crippen LogP contribution in [0.2, 0.25) is 5.02 Å². The van der Waals surface area contributed by atoms with Gasteiger partial charge in [0.05, 0.1) is 21.7 Å². The van der Waals surface area contributed by atoms with Crippen molar-refractivity contribution in [3.05, 3.63) is 153 Å². The fourth-order valence-corrected chi connectivity index (χ4v) is 16.0. The number of carbonyl (C=O) groups is 5. The van der Waals surface area contributed by atoms with Crippen molar-refractivity contribution in [1.29, 1.82) is 0 Å². The Morgan fingerprint density at radius 1 is 0.816 bits per heavy atom. The Bertz CT molecular complexity index is 3790. The minimum Gasteiger partial charge on any atom is -0.380 e. The minimum atomic E-state index is -6.19. The van der Waals surface area contributed by atoms with Crippen LogP contribution >= 0.6 is 23.4 Å².